The molecule has 0 aromatic carbocycles. The summed E-state index contributed by atoms with van der Waals surface area (Å²) in [5, 5.41) is 3.67. The van der Waals surface area contributed by atoms with Gasteiger partial charge in [-0.15, -0.1) is 0 Å². The van der Waals surface area contributed by atoms with Crippen LogP contribution in [0.1, 0.15) is 58.8 Å². The van der Waals surface area contributed by atoms with Crippen molar-refractivity contribution in [2.45, 2.75) is 83.2 Å². The highest BCUT2D eigenvalue weighted by atomic mass is 19.4. The molecule has 1 N–H and O–H groups in total. The van der Waals surface area contributed by atoms with Crippen molar-refractivity contribution >= 4 is 0 Å². The van der Waals surface area contributed by atoms with Crippen LogP contribution < -0.4 is 5.32 Å². The highest BCUT2D eigenvalue weighted by Crippen LogP contribution is 2.31. The Kier molecular flexibility index (Phi) is 5.95. The highest BCUT2D eigenvalue weighted by Gasteiger charge is 2.32. The molecule has 124 valence electrons. The zero-order chi connectivity index (χ0) is 15.5. The van der Waals surface area contributed by atoms with Gasteiger partial charge in [0.2, 0.25) is 0 Å². The second-order valence-electron chi connectivity index (χ2n) is 7.04. The summed E-state index contributed by atoms with van der Waals surface area (Å²) in [6.45, 7) is 3.50. The Morgan fingerprint density at radius 3 is 2.33 bits per heavy atom. The van der Waals surface area contributed by atoms with Crippen molar-refractivity contribution in [3.63, 3.8) is 0 Å². The van der Waals surface area contributed by atoms with Crippen molar-refractivity contribution in [3.05, 3.63) is 0 Å². The SMILES string of the molecule is CC1CCC(NC2CCCC(OCC(F)(F)F)C2)CC1C. The molecular formula is C16H28F3NO. The van der Waals surface area contributed by atoms with Gasteiger partial charge < -0.3 is 10.1 Å². The molecule has 0 aliphatic heterocycles. The number of rotatable bonds is 4. The molecule has 2 fully saturated rings. The van der Waals surface area contributed by atoms with E-state index in [2.05, 4.69) is 19.2 Å². The molecule has 0 aromatic rings. The molecule has 2 aliphatic carbocycles. The molecule has 0 spiro atoms. The smallest absolute Gasteiger partial charge is 0.369 e. The standard InChI is InChI=1S/C16H28F3NO/c1-11-6-7-14(8-12(11)2)20-13-4-3-5-15(9-13)21-10-16(17,18)19/h11-15,20H,3-10H2,1-2H3. The molecule has 5 unspecified atom stereocenters. The fourth-order valence-corrected chi connectivity index (χ4v) is 3.69. The minimum Gasteiger partial charge on any atom is -0.369 e. The van der Waals surface area contributed by atoms with Gasteiger partial charge in [-0.2, -0.15) is 13.2 Å². The monoisotopic (exact) mass is 307 g/mol. The van der Waals surface area contributed by atoms with E-state index >= 15 is 0 Å². The first-order valence-electron chi connectivity index (χ1n) is 8.28. The lowest BCUT2D eigenvalue weighted by atomic mass is 9.78. The van der Waals surface area contributed by atoms with Gasteiger partial charge in [0.15, 0.2) is 0 Å². The summed E-state index contributed by atoms with van der Waals surface area (Å²) in [6, 6.07) is 0.852. The lowest BCUT2D eigenvalue weighted by Gasteiger charge is -2.37. The Bertz CT molecular complexity index is 321. The summed E-state index contributed by atoms with van der Waals surface area (Å²) >= 11 is 0. The number of alkyl halides is 3. The van der Waals surface area contributed by atoms with Crippen LogP contribution in [0, 0.1) is 11.8 Å². The van der Waals surface area contributed by atoms with Crippen LogP contribution >= 0.6 is 0 Å². The molecular weight excluding hydrogens is 279 g/mol. The fourth-order valence-electron chi connectivity index (χ4n) is 3.69. The van der Waals surface area contributed by atoms with E-state index in [0.717, 1.165) is 37.5 Å². The molecule has 0 saturated heterocycles. The van der Waals surface area contributed by atoms with Crippen molar-refractivity contribution in [2.75, 3.05) is 6.61 Å². The van der Waals surface area contributed by atoms with Gasteiger partial charge in [0.1, 0.15) is 6.61 Å². The van der Waals surface area contributed by atoms with E-state index in [1.54, 1.807) is 0 Å². The lowest BCUT2D eigenvalue weighted by molar-refractivity contribution is -0.188. The molecule has 2 rings (SSSR count). The summed E-state index contributed by atoms with van der Waals surface area (Å²) < 4.78 is 41.7. The normalized spacial score (nSPS) is 38.4. The van der Waals surface area contributed by atoms with Crippen LogP contribution in [-0.4, -0.2) is 31.0 Å². The molecule has 0 bridgehead atoms. The summed E-state index contributed by atoms with van der Waals surface area (Å²) in [5.41, 5.74) is 0. The Morgan fingerprint density at radius 1 is 0.952 bits per heavy atom. The minimum atomic E-state index is -4.21. The first-order chi connectivity index (χ1) is 9.83. The van der Waals surface area contributed by atoms with E-state index < -0.39 is 12.8 Å². The summed E-state index contributed by atoms with van der Waals surface area (Å²) in [4.78, 5) is 0. The summed E-state index contributed by atoms with van der Waals surface area (Å²) in [7, 11) is 0. The Labute approximate surface area is 125 Å². The maximum atomic E-state index is 12.2. The Hall–Kier alpha value is -0.290. The minimum absolute atomic E-state index is 0.238. The molecule has 2 nitrogen and oxygen atoms in total. The van der Waals surface area contributed by atoms with Crippen molar-refractivity contribution in [1.82, 2.24) is 5.32 Å². The third-order valence-corrected chi connectivity index (χ3v) is 5.18. The van der Waals surface area contributed by atoms with Gasteiger partial charge in [0.25, 0.3) is 0 Å². The van der Waals surface area contributed by atoms with E-state index in [9.17, 15) is 13.2 Å². The largest absolute Gasteiger partial charge is 0.411 e. The third kappa shape index (κ3) is 5.78. The van der Waals surface area contributed by atoms with Crippen LogP contribution in [0.3, 0.4) is 0 Å². The van der Waals surface area contributed by atoms with Crippen molar-refractivity contribution in [2.24, 2.45) is 11.8 Å². The first-order valence-corrected chi connectivity index (χ1v) is 8.28. The van der Waals surface area contributed by atoms with Crippen molar-refractivity contribution < 1.29 is 17.9 Å². The number of halogens is 3. The molecule has 2 aliphatic rings. The average Bonchev–Trinajstić information content (AvgIpc) is 2.40. The number of nitrogens with one attached hydrogen (secondary N) is 1. The van der Waals surface area contributed by atoms with Crippen LogP contribution in [0.15, 0.2) is 0 Å². The van der Waals surface area contributed by atoms with Gasteiger partial charge in [-0.3, -0.25) is 0 Å². The molecule has 0 aromatic heterocycles. The zero-order valence-electron chi connectivity index (χ0n) is 13.1. The quantitative estimate of drug-likeness (QED) is 0.836. The summed E-state index contributed by atoms with van der Waals surface area (Å²) in [6.07, 6.45) is 2.67. The molecule has 0 heterocycles. The average molecular weight is 307 g/mol. The maximum Gasteiger partial charge on any atom is 0.411 e. The van der Waals surface area contributed by atoms with Crippen molar-refractivity contribution in [3.8, 4) is 0 Å². The third-order valence-electron chi connectivity index (χ3n) is 5.18. The fraction of sp³-hybridized carbons (Fsp3) is 1.00. The van der Waals surface area contributed by atoms with Crippen LogP contribution in [0.25, 0.3) is 0 Å². The number of ether oxygens (including phenoxy) is 1. The van der Waals surface area contributed by atoms with Crippen LogP contribution in [0.4, 0.5) is 13.2 Å². The predicted octanol–water partition coefficient (Wildman–Crippen LogP) is 4.29. The Balaban J connectivity index is 1.74. The number of hydrogen-bond acceptors (Lipinski definition) is 2. The van der Waals surface area contributed by atoms with Gasteiger partial charge in [-0.05, 0) is 56.8 Å². The van der Waals surface area contributed by atoms with Gasteiger partial charge in [-0.1, -0.05) is 13.8 Å². The molecule has 0 radical (unpaired) electrons. The first kappa shape index (κ1) is 17.1. The second-order valence-corrected chi connectivity index (χ2v) is 7.04. The number of hydrogen-bond donors (Lipinski definition) is 1. The zero-order valence-corrected chi connectivity index (χ0v) is 13.1. The van der Waals surface area contributed by atoms with Crippen molar-refractivity contribution in [1.29, 1.82) is 0 Å². The van der Waals surface area contributed by atoms with Crippen LogP contribution in [-0.2, 0) is 4.74 Å². The van der Waals surface area contributed by atoms with Gasteiger partial charge in [0, 0.05) is 12.1 Å². The van der Waals surface area contributed by atoms with E-state index in [4.69, 9.17) is 4.74 Å². The van der Waals surface area contributed by atoms with E-state index in [1.807, 2.05) is 0 Å². The molecule has 0 amide bonds. The van der Waals surface area contributed by atoms with E-state index in [-0.39, 0.29) is 6.10 Å². The molecule has 21 heavy (non-hydrogen) atoms. The second kappa shape index (κ2) is 7.32. The summed E-state index contributed by atoms with van der Waals surface area (Å²) in [5.74, 6) is 1.52. The molecule has 5 atom stereocenters. The predicted molar refractivity (Wildman–Crippen MR) is 77.2 cm³/mol. The highest BCUT2D eigenvalue weighted by molar-refractivity contribution is 4.86. The van der Waals surface area contributed by atoms with Gasteiger partial charge in [0.05, 0.1) is 6.10 Å². The molecule has 5 heteroatoms. The van der Waals surface area contributed by atoms with E-state index in [1.165, 1.54) is 19.3 Å². The molecule has 2 saturated carbocycles. The topological polar surface area (TPSA) is 21.3 Å². The van der Waals surface area contributed by atoms with E-state index in [0.29, 0.717) is 12.1 Å². The van der Waals surface area contributed by atoms with Gasteiger partial charge in [-0.25, -0.2) is 0 Å². The Morgan fingerprint density at radius 2 is 1.67 bits per heavy atom. The van der Waals surface area contributed by atoms with Crippen LogP contribution in [0.5, 0.6) is 0 Å². The maximum absolute atomic E-state index is 12.2. The van der Waals surface area contributed by atoms with Crippen LogP contribution in [0.2, 0.25) is 0 Å². The van der Waals surface area contributed by atoms with Gasteiger partial charge >= 0.3 is 6.18 Å². The lowest BCUT2D eigenvalue weighted by Crippen LogP contribution is -2.45.